The van der Waals surface area contributed by atoms with Crippen molar-refractivity contribution in [2.24, 2.45) is 0 Å². The van der Waals surface area contributed by atoms with E-state index in [0.717, 1.165) is 12.0 Å². The summed E-state index contributed by atoms with van der Waals surface area (Å²) in [5.41, 5.74) is 1.97. The van der Waals surface area contributed by atoms with Crippen LogP contribution in [0.1, 0.15) is 37.9 Å². The molecular weight excluding hydrogens is 282 g/mol. The summed E-state index contributed by atoms with van der Waals surface area (Å²) < 4.78 is 4.89. The highest BCUT2D eigenvalue weighted by atomic mass is 16.5. The van der Waals surface area contributed by atoms with Crippen LogP contribution in [0.15, 0.2) is 23.0 Å². The Morgan fingerprint density at radius 1 is 1.27 bits per heavy atom. The average Bonchev–Trinajstić information content (AvgIpc) is 2.48. The van der Waals surface area contributed by atoms with E-state index < -0.39 is 0 Å². The van der Waals surface area contributed by atoms with E-state index in [1.807, 2.05) is 6.92 Å². The summed E-state index contributed by atoms with van der Waals surface area (Å²) in [7, 11) is 0. The molecule has 1 aromatic heterocycles. The van der Waals surface area contributed by atoms with E-state index in [-0.39, 0.29) is 23.6 Å². The lowest BCUT2D eigenvalue weighted by molar-refractivity contribution is -0.143. The minimum Gasteiger partial charge on any atom is -0.508 e. The molecule has 0 unspecified atom stereocenters. The second kappa shape index (κ2) is 7.11. The van der Waals surface area contributed by atoms with Gasteiger partial charge in [0, 0.05) is 22.7 Å². The number of fused-ring (bicyclic) bond motifs is 1. The molecule has 118 valence electrons. The number of aromatic amines is 1. The molecule has 1 aromatic carbocycles. The molecule has 0 aliphatic heterocycles. The van der Waals surface area contributed by atoms with Gasteiger partial charge in [0.1, 0.15) is 5.75 Å². The van der Waals surface area contributed by atoms with Gasteiger partial charge in [-0.05, 0) is 31.9 Å². The van der Waals surface area contributed by atoms with Gasteiger partial charge >= 0.3 is 5.97 Å². The molecule has 0 radical (unpaired) electrons. The largest absolute Gasteiger partial charge is 0.508 e. The zero-order valence-corrected chi connectivity index (χ0v) is 12.9. The Morgan fingerprint density at radius 2 is 2.05 bits per heavy atom. The van der Waals surface area contributed by atoms with Gasteiger partial charge in [0.15, 0.2) is 5.43 Å². The number of aromatic nitrogens is 1. The summed E-state index contributed by atoms with van der Waals surface area (Å²) in [6.45, 7) is 4.12. The molecule has 0 aliphatic carbocycles. The van der Waals surface area contributed by atoms with Crippen LogP contribution in [0, 0.1) is 0 Å². The molecule has 0 fully saturated rings. The second-order valence-corrected chi connectivity index (χ2v) is 5.20. The first-order chi connectivity index (χ1) is 10.6. The molecule has 0 atom stereocenters. The van der Waals surface area contributed by atoms with Crippen LogP contribution in [-0.4, -0.2) is 22.7 Å². The number of aryl methyl sites for hydroxylation is 2. The van der Waals surface area contributed by atoms with Crippen molar-refractivity contribution in [3.63, 3.8) is 0 Å². The number of phenols is 1. The van der Waals surface area contributed by atoms with Gasteiger partial charge in [-0.2, -0.15) is 0 Å². The Kier molecular flexibility index (Phi) is 5.20. The van der Waals surface area contributed by atoms with E-state index in [1.54, 1.807) is 19.1 Å². The van der Waals surface area contributed by atoms with Crippen molar-refractivity contribution in [3.8, 4) is 5.75 Å². The van der Waals surface area contributed by atoms with Crippen molar-refractivity contribution in [2.45, 2.75) is 39.5 Å². The smallest absolute Gasteiger partial charge is 0.306 e. The zero-order valence-electron chi connectivity index (χ0n) is 12.9. The number of carbonyl (C=O) groups is 1. The maximum Gasteiger partial charge on any atom is 0.306 e. The van der Waals surface area contributed by atoms with Crippen molar-refractivity contribution >= 4 is 16.9 Å². The van der Waals surface area contributed by atoms with Gasteiger partial charge in [0.05, 0.1) is 18.5 Å². The van der Waals surface area contributed by atoms with Crippen LogP contribution in [-0.2, 0) is 22.4 Å². The number of phenolic OH excluding ortho intramolecular Hbond substituents is 1. The number of nitrogens with one attached hydrogen (secondary N) is 1. The first-order valence-electron chi connectivity index (χ1n) is 7.59. The van der Waals surface area contributed by atoms with E-state index in [2.05, 4.69) is 4.98 Å². The zero-order chi connectivity index (χ0) is 16.1. The third-order valence-electron chi connectivity index (χ3n) is 3.55. The molecule has 2 rings (SSSR count). The molecule has 2 N–H and O–H groups in total. The van der Waals surface area contributed by atoms with Gasteiger partial charge in [-0.3, -0.25) is 9.59 Å². The molecular formula is C17H21NO4. The Labute approximate surface area is 128 Å². The van der Waals surface area contributed by atoms with Crippen LogP contribution in [0.4, 0.5) is 0 Å². The van der Waals surface area contributed by atoms with Crippen molar-refractivity contribution in [1.82, 2.24) is 4.98 Å². The maximum absolute atomic E-state index is 12.2. The number of esters is 1. The molecule has 0 aliphatic rings. The summed E-state index contributed by atoms with van der Waals surface area (Å²) >= 11 is 0. The van der Waals surface area contributed by atoms with Gasteiger partial charge in [0.25, 0.3) is 0 Å². The molecule has 5 heteroatoms. The molecule has 0 amide bonds. The van der Waals surface area contributed by atoms with E-state index in [4.69, 9.17) is 4.74 Å². The first-order valence-corrected chi connectivity index (χ1v) is 7.59. The van der Waals surface area contributed by atoms with E-state index in [0.29, 0.717) is 36.0 Å². The summed E-state index contributed by atoms with van der Waals surface area (Å²) in [4.78, 5) is 26.8. The van der Waals surface area contributed by atoms with Crippen molar-refractivity contribution in [3.05, 3.63) is 39.7 Å². The number of aromatic hydroxyl groups is 1. The monoisotopic (exact) mass is 303 g/mol. The number of benzene rings is 1. The number of carbonyl (C=O) groups excluding carboxylic acids is 1. The summed E-state index contributed by atoms with van der Waals surface area (Å²) in [6, 6.07) is 4.69. The lowest BCUT2D eigenvalue weighted by atomic mass is 10.0. The average molecular weight is 303 g/mol. The minimum absolute atomic E-state index is 0.107. The fourth-order valence-corrected chi connectivity index (χ4v) is 2.53. The molecule has 2 aromatic rings. The van der Waals surface area contributed by atoms with Gasteiger partial charge in [0.2, 0.25) is 0 Å². The van der Waals surface area contributed by atoms with Crippen molar-refractivity contribution < 1.29 is 14.6 Å². The fourth-order valence-electron chi connectivity index (χ4n) is 2.53. The topological polar surface area (TPSA) is 79.4 Å². The molecule has 0 saturated heterocycles. The highest BCUT2D eigenvalue weighted by Crippen LogP contribution is 2.25. The van der Waals surface area contributed by atoms with Gasteiger partial charge in [-0.25, -0.2) is 0 Å². The fraction of sp³-hybridized carbons (Fsp3) is 0.412. The Balaban J connectivity index is 2.39. The molecule has 0 bridgehead atoms. The minimum atomic E-state index is -0.284. The molecule has 5 nitrogen and oxygen atoms in total. The highest BCUT2D eigenvalue weighted by molar-refractivity contribution is 5.84. The summed E-state index contributed by atoms with van der Waals surface area (Å²) in [5, 5.41) is 10.6. The summed E-state index contributed by atoms with van der Waals surface area (Å²) in [5.74, 6) is -0.0966. The predicted octanol–water partition coefficient (Wildman–Crippen LogP) is 2.68. The van der Waals surface area contributed by atoms with Crippen LogP contribution in [0.25, 0.3) is 10.9 Å². The first kappa shape index (κ1) is 16.1. The van der Waals surface area contributed by atoms with E-state index in [9.17, 15) is 14.7 Å². The third-order valence-corrected chi connectivity index (χ3v) is 3.55. The number of ether oxygens (including phenoxy) is 1. The number of rotatable bonds is 6. The quantitative estimate of drug-likeness (QED) is 0.804. The number of H-pyrrole nitrogens is 1. The lowest BCUT2D eigenvalue weighted by Crippen LogP contribution is -2.10. The van der Waals surface area contributed by atoms with Crippen molar-refractivity contribution in [1.29, 1.82) is 0 Å². The van der Waals surface area contributed by atoms with Crippen LogP contribution >= 0.6 is 0 Å². The molecule has 0 spiro atoms. The molecule has 22 heavy (non-hydrogen) atoms. The van der Waals surface area contributed by atoms with E-state index >= 15 is 0 Å². The Hall–Kier alpha value is -2.30. The van der Waals surface area contributed by atoms with Crippen LogP contribution in [0.2, 0.25) is 0 Å². The maximum atomic E-state index is 12.2. The number of pyridine rings is 1. The lowest BCUT2D eigenvalue weighted by Gasteiger charge is -2.10. The molecule has 0 saturated carbocycles. The second-order valence-electron chi connectivity index (χ2n) is 5.20. The van der Waals surface area contributed by atoms with Gasteiger partial charge in [-0.15, -0.1) is 0 Å². The van der Waals surface area contributed by atoms with Crippen LogP contribution < -0.4 is 5.43 Å². The Morgan fingerprint density at radius 3 is 2.73 bits per heavy atom. The number of hydrogen-bond donors (Lipinski definition) is 2. The summed E-state index contributed by atoms with van der Waals surface area (Å²) in [6.07, 6.45) is 2.17. The predicted molar refractivity (Wildman–Crippen MR) is 85.2 cm³/mol. The van der Waals surface area contributed by atoms with Crippen LogP contribution in [0.3, 0.4) is 0 Å². The highest BCUT2D eigenvalue weighted by Gasteiger charge is 2.11. The third kappa shape index (κ3) is 3.47. The van der Waals surface area contributed by atoms with Gasteiger partial charge in [-0.1, -0.05) is 13.3 Å². The van der Waals surface area contributed by atoms with Gasteiger partial charge < -0.3 is 14.8 Å². The Bertz CT molecular complexity index is 733. The normalized spacial score (nSPS) is 10.8. The standard InChI is InChI=1S/C17H21NO4/c1-3-5-12-14(19)8-7-13-15(20)10-11(18-17(12)13)6-9-16(21)22-4-2/h7-8,10,19H,3-6,9H2,1-2H3,(H,18,20). The van der Waals surface area contributed by atoms with Crippen LogP contribution in [0.5, 0.6) is 5.75 Å². The SMILES string of the molecule is CCCc1c(O)ccc2c(=O)cc(CCC(=O)OCC)[nH]c12. The number of hydrogen-bond acceptors (Lipinski definition) is 4. The molecule has 1 heterocycles. The van der Waals surface area contributed by atoms with Crippen molar-refractivity contribution in [2.75, 3.05) is 6.61 Å². The van der Waals surface area contributed by atoms with E-state index in [1.165, 1.54) is 6.07 Å².